The fourth-order valence-corrected chi connectivity index (χ4v) is 2.16. The van der Waals surface area contributed by atoms with Crippen LogP contribution in [0.3, 0.4) is 0 Å². The predicted molar refractivity (Wildman–Crippen MR) is 56.5 cm³/mol. The topological polar surface area (TPSA) is 74.6 Å². The zero-order valence-electron chi connectivity index (χ0n) is 9.57. The molecule has 0 saturated heterocycles. The molecule has 0 atom stereocenters. The Labute approximate surface area is 89.6 Å². The smallest absolute Gasteiger partial charge is 0.332 e. The van der Waals surface area contributed by atoms with Gasteiger partial charge in [-0.05, 0) is 11.8 Å². The van der Waals surface area contributed by atoms with Gasteiger partial charge in [-0.1, -0.05) is 34.3 Å². The summed E-state index contributed by atoms with van der Waals surface area (Å²) in [5, 5.41) is 18.2. The molecule has 0 amide bonds. The Morgan fingerprint density at radius 3 is 1.47 bits per heavy atom. The van der Waals surface area contributed by atoms with Gasteiger partial charge in [-0.15, -0.1) is 0 Å². The molecular formula is C11H18O4. The van der Waals surface area contributed by atoms with Crippen molar-refractivity contribution < 1.29 is 19.8 Å². The minimum absolute atomic E-state index is 0.250. The van der Waals surface area contributed by atoms with Gasteiger partial charge in [-0.2, -0.15) is 0 Å². The molecule has 0 heterocycles. The number of hydrogen-bond donors (Lipinski definition) is 2. The summed E-state index contributed by atoms with van der Waals surface area (Å²) in [5.74, 6) is -3.02. The standard InChI is InChI=1S/C11H18O4/c1-6(2)11(7(3)4,10(14)15)8(5)9(12)13/h6-7H,5H2,1-4H3,(H,12,13)(H,14,15). The van der Waals surface area contributed by atoms with Gasteiger partial charge >= 0.3 is 11.9 Å². The molecule has 0 aliphatic heterocycles. The van der Waals surface area contributed by atoms with Crippen molar-refractivity contribution in [3.63, 3.8) is 0 Å². The Kier molecular flexibility index (Phi) is 4.07. The van der Waals surface area contributed by atoms with Crippen LogP contribution in [0.15, 0.2) is 12.2 Å². The zero-order chi connectivity index (χ0) is 12.4. The molecule has 0 unspecified atom stereocenters. The lowest BCUT2D eigenvalue weighted by Gasteiger charge is -2.37. The normalized spacial score (nSPS) is 11.9. The lowest BCUT2D eigenvalue weighted by molar-refractivity contribution is -0.155. The van der Waals surface area contributed by atoms with Gasteiger partial charge in [0.1, 0.15) is 5.41 Å². The minimum Gasteiger partial charge on any atom is -0.481 e. The van der Waals surface area contributed by atoms with E-state index in [9.17, 15) is 14.7 Å². The maximum atomic E-state index is 11.3. The molecule has 15 heavy (non-hydrogen) atoms. The van der Waals surface area contributed by atoms with Crippen LogP contribution in [0.5, 0.6) is 0 Å². The van der Waals surface area contributed by atoms with Crippen LogP contribution >= 0.6 is 0 Å². The second-order valence-corrected chi connectivity index (χ2v) is 4.27. The van der Waals surface area contributed by atoms with Crippen LogP contribution in [0.1, 0.15) is 27.7 Å². The largest absolute Gasteiger partial charge is 0.481 e. The summed E-state index contributed by atoms with van der Waals surface area (Å²) in [6, 6.07) is 0. The van der Waals surface area contributed by atoms with E-state index < -0.39 is 17.4 Å². The molecule has 0 fully saturated rings. The van der Waals surface area contributed by atoms with E-state index in [0.717, 1.165) is 0 Å². The summed E-state index contributed by atoms with van der Waals surface area (Å²) in [7, 11) is 0. The van der Waals surface area contributed by atoms with E-state index in [1.807, 2.05) is 0 Å². The summed E-state index contributed by atoms with van der Waals surface area (Å²) < 4.78 is 0. The lowest BCUT2D eigenvalue weighted by atomic mass is 9.64. The van der Waals surface area contributed by atoms with Crippen LogP contribution in [-0.4, -0.2) is 22.2 Å². The van der Waals surface area contributed by atoms with E-state index in [1.54, 1.807) is 27.7 Å². The van der Waals surface area contributed by atoms with Crippen LogP contribution in [0.2, 0.25) is 0 Å². The Hall–Kier alpha value is -1.32. The Morgan fingerprint density at radius 1 is 1.07 bits per heavy atom. The molecule has 0 aromatic carbocycles. The average Bonchev–Trinajstić information content (AvgIpc) is 2.02. The number of hydrogen-bond acceptors (Lipinski definition) is 2. The Balaban J connectivity index is 5.64. The van der Waals surface area contributed by atoms with Crippen molar-refractivity contribution in [1.29, 1.82) is 0 Å². The highest BCUT2D eigenvalue weighted by atomic mass is 16.4. The van der Waals surface area contributed by atoms with Crippen molar-refractivity contribution in [3.05, 3.63) is 12.2 Å². The van der Waals surface area contributed by atoms with Crippen LogP contribution in [0.25, 0.3) is 0 Å². The van der Waals surface area contributed by atoms with E-state index in [-0.39, 0.29) is 17.4 Å². The van der Waals surface area contributed by atoms with Gasteiger partial charge in [0.15, 0.2) is 0 Å². The monoisotopic (exact) mass is 214 g/mol. The second-order valence-electron chi connectivity index (χ2n) is 4.27. The van der Waals surface area contributed by atoms with Crippen molar-refractivity contribution >= 4 is 11.9 Å². The highest BCUT2D eigenvalue weighted by molar-refractivity contribution is 5.96. The van der Waals surface area contributed by atoms with Crippen molar-refractivity contribution in [2.75, 3.05) is 0 Å². The third-order valence-corrected chi connectivity index (χ3v) is 2.93. The highest BCUT2D eigenvalue weighted by Gasteiger charge is 2.49. The molecule has 0 saturated carbocycles. The number of carbonyl (C=O) groups is 2. The maximum absolute atomic E-state index is 11.3. The van der Waals surface area contributed by atoms with Crippen molar-refractivity contribution in [2.24, 2.45) is 17.3 Å². The first-order valence-corrected chi connectivity index (χ1v) is 4.85. The van der Waals surface area contributed by atoms with E-state index >= 15 is 0 Å². The molecule has 0 aromatic rings. The fourth-order valence-electron chi connectivity index (χ4n) is 2.16. The summed E-state index contributed by atoms with van der Waals surface area (Å²) in [4.78, 5) is 22.2. The Morgan fingerprint density at radius 2 is 1.40 bits per heavy atom. The first kappa shape index (κ1) is 13.7. The highest BCUT2D eigenvalue weighted by Crippen LogP contribution is 2.42. The van der Waals surface area contributed by atoms with E-state index in [2.05, 4.69) is 6.58 Å². The van der Waals surface area contributed by atoms with Crippen molar-refractivity contribution in [1.82, 2.24) is 0 Å². The van der Waals surface area contributed by atoms with Gasteiger partial charge in [-0.25, -0.2) is 4.79 Å². The number of rotatable bonds is 5. The zero-order valence-corrected chi connectivity index (χ0v) is 9.57. The molecule has 86 valence electrons. The molecule has 0 aliphatic carbocycles. The maximum Gasteiger partial charge on any atom is 0.332 e. The van der Waals surface area contributed by atoms with Crippen LogP contribution in [-0.2, 0) is 9.59 Å². The lowest BCUT2D eigenvalue weighted by Crippen LogP contribution is -2.44. The van der Waals surface area contributed by atoms with Crippen molar-refractivity contribution in [3.8, 4) is 0 Å². The van der Waals surface area contributed by atoms with Crippen LogP contribution < -0.4 is 0 Å². The van der Waals surface area contributed by atoms with Crippen LogP contribution in [0, 0.1) is 17.3 Å². The number of carboxylic acids is 2. The van der Waals surface area contributed by atoms with Crippen LogP contribution in [0.4, 0.5) is 0 Å². The van der Waals surface area contributed by atoms with Gasteiger partial charge in [0.25, 0.3) is 0 Å². The van der Waals surface area contributed by atoms with Gasteiger partial charge < -0.3 is 10.2 Å². The summed E-state index contributed by atoms with van der Waals surface area (Å²) in [6.07, 6.45) is 0. The van der Waals surface area contributed by atoms with E-state index in [0.29, 0.717) is 0 Å². The molecule has 0 bridgehead atoms. The average molecular weight is 214 g/mol. The fraction of sp³-hybridized carbons (Fsp3) is 0.636. The van der Waals surface area contributed by atoms with E-state index in [4.69, 9.17) is 5.11 Å². The SMILES string of the molecule is C=C(C(=O)O)C(C(=O)O)(C(C)C)C(C)C. The predicted octanol–water partition coefficient (Wildman–Crippen LogP) is 2.01. The minimum atomic E-state index is -1.40. The Bertz CT molecular complexity index is 281. The first-order valence-electron chi connectivity index (χ1n) is 4.85. The quantitative estimate of drug-likeness (QED) is 0.686. The van der Waals surface area contributed by atoms with Gasteiger partial charge in [0, 0.05) is 5.57 Å². The molecule has 0 radical (unpaired) electrons. The van der Waals surface area contributed by atoms with Gasteiger partial charge in [0.2, 0.25) is 0 Å². The summed E-state index contributed by atoms with van der Waals surface area (Å²) >= 11 is 0. The number of aliphatic carboxylic acids is 2. The second kappa shape index (κ2) is 4.47. The molecule has 4 nitrogen and oxygen atoms in total. The van der Waals surface area contributed by atoms with Gasteiger partial charge in [0.05, 0.1) is 0 Å². The first-order chi connectivity index (χ1) is 6.68. The van der Waals surface area contributed by atoms with E-state index in [1.165, 1.54) is 0 Å². The number of carboxylic acid groups (broad SMARTS) is 2. The third-order valence-electron chi connectivity index (χ3n) is 2.93. The molecule has 0 aliphatic rings. The summed E-state index contributed by atoms with van der Waals surface area (Å²) in [5.41, 5.74) is -1.65. The molecular weight excluding hydrogens is 196 g/mol. The molecule has 2 N–H and O–H groups in total. The molecule has 0 aromatic heterocycles. The molecule has 0 spiro atoms. The molecule has 0 rings (SSSR count). The third kappa shape index (κ3) is 2.03. The molecule has 4 heteroatoms. The van der Waals surface area contributed by atoms with Crippen molar-refractivity contribution in [2.45, 2.75) is 27.7 Å². The van der Waals surface area contributed by atoms with Gasteiger partial charge in [-0.3, -0.25) is 4.79 Å². The summed E-state index contributed by atoms with van der Waals surface area (Å²) in [6.45, 7) is 10.2.